The lowest BCUT2D eigenvalue weighted by molar-refractivity contribution is 0.0642. The molecule has 0 bridgehead atoms. The highest BCUT2D eigenvalue weighted by molar-refractivity contribution is 6.22. The highest BCUT2D eigenvalue weighted by Crippen LogP contribution is 2.30. The Labute approximate surface area is 183 Å². The normalized spacial score (nSPS) is 14.9. The Balaban J connectivity index is 1.31. The summed E-state index contributed by atoms with van der Waals surface area (Å²) >= 11 is 0. The third kappa shape index (κ3) is 2.68. The van der Waals surface area contributed by atoms with Crippen LogP contribution in [0, 0.1) is 0 Å². The van der Waals surface area contributed by atoms with Crippen molar-refractivity contribution in [1.29, 1.82) is 0 Å². The number of imidazole rings is 1. The first-order chi connectivity index (χ1) is 15.6. The summed E-state index contributed by atoms with van der Waals surface area (Å²) in [6, 6.07) is 21.9. The predicted octanol–water partition coefficient (Wildman–Crippen LogP) is 3.49. The minimum absolute atomic E-state index is 0.201. The first kappa shape index (κ1) is 18.5. The van der Waals surface area contributed by atoms with Crippen LogP contribution in [0.3, 0.4) is 0 Å². The molecule has 2 aliphatic rings. The molecule has 3 amide bonds. The fraction of sp³-hybridized carbons (Fsp3) is 0.120. The Kier molecular flexibility index (Phi) is 3.98. The van der Waals surface area contributed by atoms with Crippen LogP contribution in [0.1, 0.15) is 36.6 Å². The number of rotatable bonds is 3. The van der Waals surface area contributed by atoms with Crippen molar-refractivity contribution in [2.45, 2.75) is 13.1 Å². The van der Waals surface area contributed by atoms with Crippen LogP contribution >= 0.6 is 0 Å². The highest BCUT2D eigenvalue weighted by atomic mass is 16.2. The van der Waals surface area contributed by atoms with Crippen molar-refractivity contribution in [3.63, 3.8) is 0 Å². The topological polar surface area (TPSA) is 75.5 Å². The van der Waals surface area contributed by atoms with Crippen molar-refractivity contribution in [1.82, 2.24) is 14.5 Å². The number of benzene rings is 3. The second kappa shape index (κ2) is 6.88. The maximum atomic E-state index is 13.3. The smallest absolute Gasteiger partial charge is 0.261 e. The van der Waals surface area contributed by atoms with Crippen molar-refractivity contribution in [2.75, 3.05) is 11.4 Å². The minimum atomic E-state index is -0.378. The van der Waals surface area contributed by atoms with E-state index in [9.17, 15) is 14.4 Å². The standard InChI is InChI=1S/C25H18N4O3/c30-22(28-13-12-27-21-9-5-4-8-20(21)26-25(27)28)17-10-11-18-19(14-17)24(32)29(23(18)31)15-16-6-2-1-3-7-16/h1-11,14H,12-13,15H2. The molecule has 7 nitrogen and oxygen atoms in total. The molecule has 6 rings (SSSR count). The van der Waals surface area contributed by atoms with E-state index in [1.807, 2.05) is 59.2 Å². The van der Waals surface area contributed by atoms with Crippen LogP contribution in [0.4, 0.5) is 5.95 Å². The van der Waals surface area contributed by atoms with E-state index in [4.69, 9.17) is 0 Å². The summed E-state index contributed by atoms with van der Waals surface area (Å²) in [7, 11) is 0. The van der Waals surface area contributed by atoms with Gasteiger partial charge in [0.15, 0.2) is 0 Å². The Bertz CT molecular complexity index is 1420. The Morgan fingerprint density at radius 2 is 1.59 bits per heavy atom. The van der Waals surface area contributed by atoms with Gasteiger partial charge in [-0.3, -0.25) is 24.2 Å². The summed E-state index contributed by atoms with van der Waals surface area (Å²) < 4.78 is 2.02. The number of aromatic nitrogens is 2. The zero-order valence-electron chi connectivity index (χ0n) is 17.1. The van der Waals surface area contributed by atoms with Crippen LogP contribution < -0.4 is 4.90 Å². The quantitative estimate of drug-likeness (QED) is 0.474. The van der Waals surface area contributed by atoms with E-state index in [0.29, 0.717) is 30.2 Å². The van der Waals surface area contributed by atoms with Gasteiger partial charge in [0.05, 0.1) is 28.7 Å². The van der Waals surface area contributed by atoms with Crippen molar-refractivity contribution >= 4 is 34.7 Å². The van der Waals surface area contributed by atoms with Gasteiger partial charge in [0.1, 0.15) is 0 Å². The number of hydrogen-bond donors (Lipinski definition) is 0. The first-order valence-corrected chi connectivity index (χ1v) is 10.4. The van der Waals surface area contributed by atoms with Crippen LogP contribution in [0.5, 0.6) is 0 Å². The molecule has 3 heterocycles. The van der Waals surface area contributed by atoms with Crippen molar-refractivity contribution in [2.24, 2.45) is 0 Å². The lowest BCUT2D eigenvalue weighted by Crippen LogP contribution is -2.30. The van der Waals surface area contributed by atoms with E-state index < -0.39 is 0 Å². The molecule has 0 atom stereocenters. The number of nitrogens with zero attached hydrogens (tertiary/aromatic N) is 4. The fourth-order valence-corrected chi connectivity index (χ4v) is 4.47. The molecule has 156 valence electrons. The fourth-order valence-electron chi connectivity index (χ4n) is 4.47. The van der Waals surface area contributed by atoms with Gasteiger partial charge in [0.25, 0.3) is 17.7 Å². The minimum Gasteiger partial charge on any atom is -0.308 e. The number of carbonyl (C=O) groups is 3. The third-order valence-electron chi connectivity index (χ3n) is 6.07. The van der Waals surface area contributed by atoms with Gasteiger partial charge in [-0.05, 0) is 35.9 Å². The van der Waals surface area contributed by atoms with E-state index in [0.717, 1.165) is 16.6 Å². The SMILES string of the molecule is O=C1c2ccc(C(=O)N3CCn4c3nc3ccccc34)cc2C(=O)N1Cc1ccccc1. The van der Waals surface area contributed by atoms with E-state index in [2.05, 4.69) is 4.98 Å². The van der Waals surface area contributed by atoms with Gasteiger partial charge in [0.2, 0.25) is 5.95 Å². The number of para-hydroxylation sites is 2. The molecule has 0 saturated carbocycles. The third-order valence-corrected chi connectivity index (χ3v) is 6.07. The predicted molar refractivity (Wildman–Crippen MR) is 118 cm³/mol. The van der Waals surface area contributed by atoms with Crippen LogP contribution in [-0.2, 0) is 13.1 Å². The lowest BCUT2D eigenvalue weighted by Gasteiger charge is -2.14. The van der Waals surface area contributed by atoms with Gasteiger partial charge in [-0.25, -0.2) is 4.98 Å². The zero-order chi connectivity index (χ0) is 21.8. The van der Waals surface area contributed by atoms with Gasteiger partial charge in [0, 0.05) is 18.7 Å². The number of anilines is 1. The number of fused-ring (bicyclic) bond motifs is 4. The van der Waals surface area contributed by atoms with E-state index >= 15 is 0 Å². The van der Waals surface area contributed by atoms with Crippen molar-refractivity contribution in [3.8, 4) is 0 Å². The van der Waals surface area contributed by atoms with E-state index in [1.165, 1.54) is 11.0 Å². The van der Waals surface area contributed by atoms with Gasteiger partial charge < -0.3 is 4.57 Å². The summed E-state index contributed by atoms with van der Waals surface area (Å²) in [5.41, 5.74) is 3.66. The lowest BCUT2D eigenvalue weighted by atomic mass is 10.0. The molecule has 4 aromatic rings. The number of imide groups is 1. The first-order valence-electron chi connectivity index (χ1n) is 10.4. The molecule has 0 saturated heterocycles. The van der Waals surface area contributed by atoms with Crippen molar-refractivity contribution < 1.29 is 14.4 Å². The molecule has 3 aromatic carbocycles. The molecule has 0 fully saturated rings. The van der Waals surface area contributed by atoms with Crippen LogP contribution in [0.2, 0.25) is 0 Å². The van der Waals surface area contributed by atoms with Crippen LogP contribution in [0.25, 0.3) is 11.0 Å². The Hall–Kier alpha value is -4.26. The van der Waals surface area contributed by atoms with E-state index in [-0.39, 0.29) is 29.8 Å². The monoisotopic (exact) mass is 422 g/mol. The van der Waals surface area contributed by atoms with E-state index in [1.54, 1.807) is 17.0 Å². The maximum absolute atomic E-state index is 13.3. The highest BCUT2D eigenvalue weighted by Gasteiger charge is 2.37. The second-order valence-corrected chi connectivity index (χ2v) is 7.95. The molecular weight excluding hydrogens is 404 g/mol. The average Bonchev–Trinajstić information content (AvgIpc) is 3.47. The largest absolute Gasteiger partial charge is 0.308 e. The van der Waals surface area contributed by atoms with Gasteiger partial charge in [-0.15, -0.1) is 0 Å². The van der Waals surface area contributed by atoms with Crippen molar-refractivity contribution in [3.05, 3.63) is 95.1 Å². The van der Waals surface area contributed by atoms with Crippen LogP contribution in [0.15, 0.2) is 72.8 Å². The number of hydrogen-bond acceptors (Lipinski definition) is 4. The summed E-state index contributed by atoms with van der Waals surface area (Å²) in [6.45, 7) is 1.37. The number of amides is 3. The summed E-state index contributed by atoms with van der Waals surface area (Å²) in [4.78, 5) is 46.6. The summed E-state index contributed by atoms with van der Waals surface area (Å²) in [5, 5.41) is 0. The molecule has 0 radical (unpaired) electrons. The molecule has 32 heavy (non-hydrogen) atoms. The molecule has 0 unspecified atom stereocenters. The van der Waals surface area contributed by atoms with Gasteiger partial charge in [-0.2, -0.15) is 0 Å². The van der Waals surface area contributed by atoms with Gasteiger partial charge in [-0.1, -0.05) is 42.5 Å². The van der Waals surface area contributed by atoms with Crippen LogP contribution in [-0.4, -0.2) is 38.7 Å². The number of carbonyl (C=O) groups excluding carboxylic acids is 3. The Morgan fingerprint density at radius 1 is 0.844 bits per heavy atom. The average molecular weight is 422 g/mol. The van der Waals surface area contributed by atoms with Gasteiger partial charge >= 0.3 is 0 Å². The zero-order valence-corrected chi connectivity index (χ0v) is 17.1. The summed E-state index contributed by atoms with van der Waals surface area (Å²) in [6.07, 6.45) is 0. The molecule has 0 spiro atoms. The Morgan fingerprint density at radius 3 is 2.44 bits per heavy atom. The molecular formula is C25H18N4O3. The molecule has 2 aliphatic heterocycles. The second-order valence-electron chi connectivity index (χ2n) is 7.95. The molecule has 0 N–H and O–H groups in total. The molecule has 1 aromatic heterocycles. The molecule has 7 heteroatoms. The summed E-state index contributed by atoms with van der Waals surface area (Å²) in [5.74, 6) is -0.346. The molecule has 0 aliphatic carbocycles. The maximum Gasteiger partial charge on any atom is 0.261 e.